The van der Waals surface area contributed by atoms with E-state index in [1.54, 1.807) is 0 Å². The van der Waals surface area contributed by atoms with Crippen LogP contribution in [0.5, 0.6) is 17.4 Å². The SMILES string of the molecule is COC(=O)C(OC)Oc1ccccc1Oc1nc(-n2c(=O)cc(C(F)(F)F)n(C)c2=O)c(F)cc1Br. The van der Waals surface area contributed by atoms with Gasteiger partial charge in [-0.05, 0) is 34.1 Å². The number of carbonyl (C=O) groups excluding carboxylic acids is 1. The molecule has 3 aromatic rings. The molecule has 1 atom stereocenters. The Morgan fingerprint density at radius 1 is 1.11 bits per heavy atom. The van der Waals surface area contributed by atoms with Gasteiger partial charge in [0.05, 0.1) is 11.6 Å². The molecule has 36 heavy (non-hydrogen) atoms. The van der Waals surface area contributed by atoms with Gasteiger partial charge >= 0.3 is 17.8 Å². The molecule has 0 radical (unpaired) electrons. The summed E-state index contributed by atoms with van der Waals surface area (Å²) in [5.41, 5.74) is -4.47. The first-order valence-electron chi connectivity index (χ1n) is 9.69. The summed E-state index contributed by atoms with van der Waals surface area (Å²) in [6.07, 6.45) is -6.46. The minimum atomic E-state index is -5.00. The average Bonchev–Trinajstić information content (AvgIpc) is 2.82. The second kappa shape index (κ2) is 10.5. The summed E-state index contributed by atoms with van der Waals surface area (Å²) in [6.45, 7) is 0. The van der Waals surface area contributed by atoms with Gasteiger partial charge in [-0.25, -0.2) is 18.5 Å². The van der Waals surface area contributed by atoms with E-state index in [4.69, 9.17) is 14.2 Å². The zero-order valence-electron chi connectivity index (χ0n) is 18.6. The van der Waals surface area contributed by atoms with Crippen molar-refractivity contribution < 1.29 is 41.3 Å². The number of alkyl halides is 3. The highest BCUT2D eigenvalue weighted by Gasteiger charge is 2.35. The van der Waals surface area contributed by atoms with Crippen LogP contribution < -0.4 is 20.7 Å². The predicted octanol–water partition coefficient (Wildman–Crippen LogP) is 3.17. The van der Waals surface area contributed by atoms with Crippen LogP contribution in [0.25, 0.3) is 5.82 Å². The van der Waals surface area contributed by atoms with Crippen LogP contribution in [0.4, 0.5) is 17.6 Å². The molecule has 10 nitrogen and oxygen atoms in total. The van der Waals surface area contributed by atoms with E-state index < -0.39 is 47.0 Å². The van der Waals surface area contributed by atoms with Crippen molar-refractivity contribution in [2.45, 2.75) is 12.5 Å². The van der Waals surface area contributed by atoms with Crippen molar-refractivity contribution >= 4 is 21.9 Å². The number of esters is 1. The molecule has 0 aliphatic carbocycles. The van der Waals surface area contributed by atoms with E-state index in [0.717, 1.165) is 20.2 Å². The molecular formula is C21H16BrF4N3O7. The lowest BCUT2D eigenvalue weighted by atomic mass is 10.3. The standard InChI is InChI=1S/C21H16BrF4N3O7/c1-28-14(21(24,25)26)9-15(30)29(20(28)32)16-11(23)8-10(22)17(27-16)35-12-6-4-5-7-13(12)36-19(34-3)18(31)33-2/h4-9,19H,1-3H3. The summed E-state index contributed by atoms with van der Waals surface area (Å²) in [7, 11) is 3.09. The molecule has 15 heteroatoms. The van der Waals surface area contributed by atoms with Gasteiger partial charge in [0.25, 0.3) is 11.8 Å². The average molecular weight is 578 g/mol. The lowest BCUT2D eigenvalue weighted by Gasteiger charge is -2.18. The summed E-state index contributed by atoms with van der Waals surface area (Å²) in [6, 6.07) is 6.80. The first-order chi connectivity index (χ1) is 16.9. The number of aromatic nitrogens is 3. The molecule has 2 heterocycles. The third-order valence-corrected chi connectivity index (χ3v) is 5.17. The Morgan fingerprint density at radius 3 is 2.33 bits per heavy atom. The maximum absolute atomic E-state index is 14.7. The number of para-hydroxylation sites is 2. The maximum atomic E-state index is 14.7. The lowest BCUT2D eigenvalue weighted by molar-refractivity contribution is -0.170. The van der Waals surface area contributed by atoms with E-state index in [-0.39, 0.29) is 37.1 Å². The van der Waals surface area contributed by atoms with Gasteiger partial charge in [0.2, 0.25) is 5.88 Å². The number of carbonyl (C=O) groups is 1. The second-order valence-corrected chi connectivity index (χ2v) is 7.74. The third kappa shape index (κ3) is 5.41. The molecule has 0 saturated carbocycles. The van der Waals surface area contributed by atoms with E-state index in [1.165, 1.54) is 31.4 Å². The number of hydrogen-bond acceptors (Lipinski definition) is 8. The molecular weight excluding hydrogens is 562 g/mol. The van der Waals surface area contributed by atoms with Crippen LogP contribution in [0.3, 0.4) is 0 Å². The van der Waals surface area contributed by atoms with Gasteiger partial charge in [0.15, 0.2) is 23.1 Å². The van der Waals surface area contributed by atoms with Crippen LogP contribution in [0.1, 0.15) is 5.69 Å². The number of ether oxygens (including phenoxy) is 4. The number of pyridine rings is 1. The van der Waals surface area contributed by atoms with Crippen molar-refractivity contribution in [3.05, 3.63) is 73.2 Å². The molecule has 0 saturated heterocycles. The van der Waals surface area contributed by atoms with Crippen molar-refractivity contribution in [2.75, 3.05) is 14.2 Å². The summed E-state index contributed by atoms with van der Waals surface area (Å²) >= 11 is 3.04. The Bertz CT molecular complexity index is 1420. The Hall–Kier alpha value is -3.72. The number of hydrogen-bond donors (Lipinski definition) is 0. The first-order valence-corrected chi connectivity index (χ1v) is 10.5. The van der Waals surface area contributed by atoms with Crippen LogP contribution in [0, 0.1) is 5.82 Å². The van der Waals surface area contributed by atoms with Crippen LogP contribution >= 0.6 is 15.9 Å². The van der Waals surface area contributed by atoms with E-state index in [0.29, 0.717) is 0 Å². The van der Waals surface area contributed by atoms with E-state index >= 15 is 0 Å². The highest BCUT2D eigenvalue weighted by Crippen LogP contribution is 2.35. The van der Waals surface area contributed by atoms with Crippen LogP contribution in [0.15, 0.2) is 50.5 Å². The Kier molecular flexibility index (Phi) is 7.83. The smallest absolute Gasteiger partial charge is 0.431 e. The molecule has 0 aliphatic rings. The van der Waals surface area contributed by atoms with Gasteiger partial charge < -0.3 is 18.9 Å². The topological polar surface area (TPSA) is 111 Å². The fourth-order valence-electron chi connectivity index (χ4n) is 2.90. The van der Waals surface area contributed by atoms with Crippen molar-refractivity contribution in [1.82, 2.24) is 14.1 Å². The number of benzene rings is 1. The minimum Gasteiger partial charge on any atom is -0.464 e. The van der Waals surface area contributed by atoms with Crippen molar-refractivity contribution in [3.63, 3.8) is 0 Å². The van der Waals surface area contributed by atoms with E-state index in [9.17, 15) is 31.9 Å². The Balaban J connectivity index is 2.09. The third-order valence-electron chi connectivity index (χ3n) is 4.60. The molecule has 0 aliphatic heterocycles. The first kappa shape index (κ1) is 26.9. The molecule has 1 unspecified atom stereocenters. The van der Waals surface area contributed by atoms with Gasteiger partial charge in [-0.2, -0.15) is 18.2 Å². The monoisotopic (exact) mass is 577 g/mol. The highest BCUT2D eigenvalue weighted by molar-refractivity contribution is 9.10. The quantitative estimate of drug-likeness (QED) is 0.239. The van der Waals surface area contributed by atoms with E-state index in [2.05, 4.69) is 25.7 Å². The maximum Gasteiger partial charge on any atom is 0.431 e. The number of rotatable bonds is 7. The molecule has 192 valence electrons. The van der Waals surface area contributed by atoms with Crippen molar-refractivity contribution in [3.8, 4) is 23.2 Å². The number of methoxy groups -OCH3 is 2. The van der Waals surface area contributed by atoms with Crippen molar-refractivity contribution in [1.29, 1.82) is 0 Å². The number of nitrogens with zero attached hydrogens (tertiary/aromatic N) is 3. The summed E-state index contributed by atoms with van der Waals surface area (Å²) in [5, 5.41) is 0. The van der Waals surface area contributed by atoms with Crippen molar-refractivity contribution in [2.24, 2.45) is 7.05 Å². The Labute approximate surface area is 207 Å². The molecule has 0 amide bonds. The predicted molar refractivity (Wildman–Crippen MR) is 118 cm³/mol. The molecule has 2 aromatic heterocycles. The largest absolute Gasteiger partial charge is 0.464 e. The molecule has 0 fully saturated rings. The number of halogens is 5. The van der Waals surface area contributed by atoms with Gasteiger partial charge in [0.1, 0.15) is 5.69 Å². The molecule has 0 spiro atoms. The molecule has 0 bridgehead atoms. The normalized spacial score (nSPS) is 12.2. The van der Waals surface area contributed by atoms with Crippen LogP contribution in [0.2, 0.25) is 0 Å². The van der Waals surface area contributed by atoms with Gasteiger partial charge in [-0.1, -0.05) is 12.1 Å². The van der Waals surface area contributed by atoms with Crippen LogP contribution in [-0.2, 0) is 27.5 Å². The highest BCUT2D eigenvalue weighted by atomic mass is 79.9. The zero-order chi connectivity index (χ0) is 26.8. The zero-order valence-corrected chi connectivity index (χ0v) is 20.2. The summed E-state index contributed by atoms with van der Waals surface area (Å²) < 4.78 is 74.9. The Morgan fingerprint density at radius 2 is 1.75 bits per heavy atom. The molecule has 0 N–H and O–H groups in total. The fraction of sp³-hybridized carbons (Fsp3) is 0.238. The van der Waals surface area contributed by atoms with Gasteiger partial charge in [0, 0.05) is 20.2 Å². The second-order valence-electron chi connectivity index (χ2n) is 6.88. The molecule has 3 rings (SSSR count). The lowest BCUT2D eigenvalue weighted by Crippen LogP contribution is -2.41. The van der Waals surface area contributed by atoms with E-state index in [1.807, 2.05) is 0 Å². The minimum absolute atomic E-state index is 0.0306. The summed E-state index contributed by atoms with van der Waals surface area (Å²) in [4.78, 5) is 40.5. The van der Waals surface area contributed by atoms with Gasteiger partial charge in [-0.15, -0.1) is 0 Å². The summed E-state index contributed by atoms with van der Waals surface area (Å²) in [5.74, 6) is -3.44. The molecule has 1 aromatic carbocycles. The van der Waals surface area contributed by atoms with Crippen LogP contribution in [-0.4, -0.2) is 40.6 Å². The van der Waals surface area contributed by atoms with Gasteiger partial charge in [-0.3, -0.25) is 9.36 Å². The fourth-order valence-corrected chi connectivity index (χ4v) is 3.27.